The van der Waals surface area contributed by atoms with Gasteiger partial charge in [-0.3, -0.25) is 0 Å². The zero-order chi connectivity index (χ0) is 17.1. The third-order valence-electron chi connectivity index (χ3n) is 4.03. The van der Waals surface area contributed by atoms with Gasteiger partial charge in [-0.15, -0.1) is 0 Å². The molecule has 0 N–H and O–H groups in total. The summed E-state index contributed by atoms with van der Waals surface area (Å²) in [6.07, 6.45) is 0.961. The summed E-state index contributed by atoms with van der Waals surface area (Å²) in [6, 6.07) is 6.73. The molecule has 124 valence electrons. The fraction of sp³-hybridized carbons (Fsp3) is 0.368. The SMILES string of the molecule is CCC(C)c1cc(Oc2cc(F)c(F)cc2F)ccc1C(C)C. The van der Waals surface area contributed by atoms with Crippen LogP contribution in [0.3, 0.4) is 0 Å². The number of rotatable bonds is 5. The molecular weight excluding hydrogens is 301 g/mol. The van der Waals surface area contributed by atoms with Gasteiger partial charge in [-0.1, -0.05) is 33.8 Å². The highest BCUT2D eigenvalue weighted by atomic mass is 19.2. The largest absolute Gasteiger partial charge is 0.454 e. The van der Waals surface area contributed by atoms with Gasteiger partial charge in [-0.2, -0.15) is 0 Å². The molecule has 0 heterocycles. The van der Waals surface area contributed by atoms with Crippen LogP contribution in [0, 0.1) is 17.5 Å². The Morgan fingerprint density at radius 1 is 0.870 bits per heavy atom. The molecule has 0 aliphatic carbocycles. The maximum absolute atomic E-state index is 13.7. The molecule has 1 nitrogen and oxygen atoms in total. The second-order valence-electron chi connectivity index (χ2n) is 6.05. The Morgan fingerprint density at radius 3 is 2.13 bits per heavy atom. The fourth-order valence-electron chi connectivity index (χ4n) is 2.50. The molecule has 0 aliphatic rings. The molecule has 2 rings (SSSR count). The van der Waals surface area contributed by atoms with Crippen molar-refractivity contribution in [2.24, 2.45) is 0 Å². The van der Waals surface area contributed by atoms with Crippen LogP contribution in [-0.4, -0.2) is 0 Å². The van der Waals surface area contributed by atoms with Crippen LogP contribution in [0.5, 0.6) is 11.5 Å². The van der Waals surface area contributed by atoms with Crippen molar-refractivity contribution in [1.29, 1.82) is 0 Å². The second-order valence-corrected chi connectivity index (χ2v) is 6.05. The molecule has 0 amide bonds. The van der Waals surface area contributed by atoms with E-state index in [1.54, 1.807) is 6.07 Å². The summed E-state index contributed by atoms with van der Waals surface area (Å²) in [7, 11) is 0. The zero-order valence-corrected chi connectivity index (χ0v) is 13.8. The summed E-state index contributed by atoms with van der Waals surface area (Å²) >= 11 is 0. The Bertz CT molecular complexity index is 695. The van der Waals surface area contributed by atoms with E-state index in [0.717, 1.165) is 18.1 Å². The van der Waals surface area contributed by atoms with Crippen molar-refractivity contribution in [2.75, 3.05) is 0 Å². The highest BCUT2D eigenvalue weighted by Gasteiger charge is 2.15. The third kappa shape index (κ3) is 3.87. The first-order chi connectivity index (χ1) is 10.8. The van der Waals surface area contributed by atoms with Crippen LogP contribution in [0.1, 0.15) is 57.1 Å². The first-order valence-electron chi connectivity index (χ1n) is 7.79. The van der Waals surface area contributed by atoms with Crippen molar-refractivity contribution in [3.05, 3.63) is 58.9 Å². The van der Waals surface area contributed by atoms with Crippen molar-refractivity contribution < 1.29 is 17.9 Å². The summed E-state index contributed by atoms with van der Waals surface area (Å²) in [5, 5.41) is 0. The molecule has 0 aromatic heterocycles. The number of hydrogen-bond acceptors (Lipinski definition) is 1. The molecule has 4 heteroatoms. The highest BCUT2D eigenvalue weighted by Crippen LogP contribution is 2.34. The Balaban J connectivity index is 2.39. The summed E-state index contributed by atoms with van der Waals surface area (Å²) < 4.78 is 45.4. The molecule has 0 saturated carbocycles. The van der Waals surface area contributed by atoms with E-state index in [0.29, 0.717) is 23.7 Å². The predicted molar refractivity (Wildman–Crippen MR) is 85.6 cm³/mol. The molecule has 0 bridgehead atoms. The molecular formula is C19H21F3O. The molecule has 0 saturated heterocycles. The minimum absolute atomic E-state index is 0.323. The maximum Gasteiger partial charge on any atom is 0.168 e. The van der Waals surface area contributed by atoms with Crippen LogP contribution < -0.4 is 4.74 Å². The van der Waals surface area contributed by atoms with Gasteiger partial charge in [0.1, 0.15) is 5.75 Å². The van der Waals surface area contributed by atoms with Crippen LogP contribution in [0.4, 0.5) is 13.2 Å². The molecule has 0 aliphatic heterocycles. The van der Waals surface area contributed by atoms with E-state index in [2.05, 4.69) is 27.7 Å². The number of ether oxygens (including phenoxy) is 1. The van der Waals surface area contributed by atoms with Crippen LogP contribution >= 0.6 is 0 Å². The average molecular weight is 322 g/mol. The molecule has 0 fully saturated rings. The van der Waals surface area contributed by atoms with E-state index >= 15 is 0 Å². The lowest BCUT2D eigenvalue weighted by Gasteiger charge is -2.19. The van der Waals surface area contributed by atoms with E-state index in [9.17, 15) is 13.2 Å². The monoisotopic (exact) mass is 322 g/mol. The lowest BCUT2D eigenvalue weighted by Crippen LogP contribution is -2.01. The van der Waals surface area contributed by atoms with E-state index < -0.39 is 17.5 Å². The number of hydrogen-bond donors (Lipinski definition) is 0. The quantitative estimate of drug-likeness (QED) is 0.568. The van der Waals surface area contributed by atoms with Gasteiger partial charge in [0.25, 0.3) is 0 Å². The predicted octanol–water partition coefficient (Wildman–Crippen LogP) is 6.53. The first-order valence-corrected chi connectivity index (χ1v) is 7.79. The van der Waals surface area contributed by atoms with Crippen molar-refractivity contribution in [3.8, 4) is 11.5 Å². The summed E-state index contributed by atoms with van der Waals surface area (Å²) in [4.78, 5) is 0. The smallest absolute Gasteiger partial charge is 0.168 e. The van der Waals surface area contributed by atoms with Crippen LogP contribution in [-0.2, 0) is 0 Å². The molecule has 1 unspecified atom stereocenters. The molecule has 2 aromatic rings. The Labute approximate surface area is 135 Å². The van der Waals surface area contributed by atoms with Gasteiger partial charge < -0.3 is 4.74 Å². The van der Waals surface area contributed by atoms with E-state index in [-0.39, 0.29) is 5.75 Å². The Kier molecular flexibility index (Phi) is 5.34. The fourth-order valence-corrected chi connectivity index (χ4v) is 2.50. The molecule has 1 atom stereocenters. The van der Waals surface area contributed by atoms with Crippen molar-refractivity contribution in [3.63, 3.8) is 0 Å². The van der Waals surface area contributed by atoms with Crippen LogP contribution in [0.25, 0.3) is 0 Å². The van der Waals surface area contributed by atoms with Crippen molar-refractivity contribution in [1.82, 2.24) is 0 Å². The Morgan fingerprint density at radius 2 is 1.52 bits per heavy atom. The summed E-state index contributed by atoms with van der Waals surface area (Å²) in [5.74, 6) is -2.53. The van der Waals surface area contributed by atoms with Crippen LogP contribution in [0.2, 0.25) is 0 Å². The number of halogens is 3. The molecule has 0 radical (unpaired) electrons. The molecule has 23 heavy (non-hydrogen) atoms. The lowest BCUT2D eigenvalue weighted by molar-refractivity contribution is 0.421. The van der Waals surface area contributed by atoms with Gasteiger partial charge in [-0.25, -0.2) is 13.2 Å². The summed E-state index contributed by atoms with van der Waals surface area (Å²) in [5.41, 5.74) is 2.33. The maximum atomic E-state index is 13.7. The molecule has 2 aromatic carbocycles. The van der Waals surface area contributed by atoms with Gasteiger partial charge in [0.2, 0.25) is 0 Å². The Hall–Kier alpha value is -1.97. The highest BCUT2D eigenvalue weighted by molar-refractivity contribution is 5.41. The van der Waals surface area contributed by atoms with Gasteiger partial charge in [0.05, 0.1) is 0 Å². The van der Waals surface area contributed by atoms with Crippen LogP contribution in [0.15, 0.2) is 30.3 Å². The minimum atomic E-state index is -1.23. The van der Waals surface area contributed by atoms with E-state index in [1.807, 2.05) is 12.1 Å². The third-order valence-corrected chi connectivity index (χ3v) is 4.03. The van der Waals surface area contributed by atoms with Gasteiger partial charge in [0, 0.05) is 12.1 Å². The topological polar surface area (TPSA) is 9.23 Å². The zero-order valence-electron chi connectivity index (χ0n) is 13.8. The van der Waals surface area contributed by atoms with Crippen molar-refractivity contribution in [2.45, 2.75) is 46.0 Å². The normalized spacial score (nSPS) is 12.5. The van der Waals surface area contributed by atoms with Gasteiger partial charge >= 0.3 is 0 Å². The molecule has 0 spiro atoms. The standard InChI is InChI=1S/C19H21F3O/c1-5-12(4)15-8-13(6-7-14(15)11(2)3)23-19-10-17(21)16(20)9-18(19)22/h6-12H,5H2,1-4H3. The summed E-state index contributed by atoms with van der Waals surface area (Å²) in [6.45, 7) is 8.42. The average Bonchev–Trinajstić information content (AvgIpc) is 2.51. The van der Waals surface area contributed by atoms with E-state index in [4.69, 9.17) is 4.74 Å². The number of benzene rings is 2. The van der Waals surface area contributed by atoms with Gasteiger partial charge in [0.15, 0.2) is 23.2 Å². The second kappa shape index (κ2) is 7.07. The first kappa shape index (κ1) is 17.4. The lowest BCUT2D eigenvalue weighted by atomic mass is 9.88. The van der Waals surface area contributed by atoms with Gasteiger partial charge in [-0.05, 0) is 41.5 Å². The minimum Gasteiger partial charge on any atom is -0.454 e. The van der Waals surface area contributed by atoms with Crippen molar-refractivity contribution >= 4 is 0 Å². The van der Waals surface area contributed by atoms with E-state index in [1.165, 1.54) is 5.56 Å².